The second-order valence-corrected chi connectivity index (χ2v) is 5.07. The maximum atomic E-state index is 12.3. The Kier molecular flexibility index (Phi) is 6.74. The molecule has 0 spiro atoms. The van der Waals surface area contributed by atoms with Crippen LogP contribution in [0.5, 0.6) is 11.5 Å². The number of carbonyl (C=O) groups is 2. The third-order valence-electron chi connectivity index (χ3n) is 3.03. The minimum absolute atomic E-state index is 0.122. The molecule has 2 aromatic carbocycles. The fourth-order valence-corrected chi connectivity index (χ4v) is 1.98. The quantitative estimate of drug-likeness (QED) is 0.557. The maximum absolute atomic E-state index is 12.3. The molecule has 1 N–H and O–H groups in total. The van der Waals surface area contributed by atoms with Crippen LogP contribution < -0.4 is 14.8 Å². The smallest absolute Gasteiger partial charge is 0.452 e. The van der Waals surface area contributed by atoms with E-state index in [1.807, 2.05) is 0 Å². The van der Waals surface area contributed by atoms with Crippen molar-refractivity contribution in [2.45, 2.75) is 13.0 Å². The molecule has 2 rings (SSSR count). The summed E-state index contributed by atoms with van der Waals surface area (Å²) in [7, 11) is 0. The van der Waals surface area contributed by atoms with Crippen LogP contribution in [0.4, 0.5) is 27.6 Å². The minimum atomic E-state index is -4.84. The molecule has 0 aliphatic heterocycles. The molecule has 0 unspecified atom stereocenters. The third-order valence-corrected chi connectivity index (χ3v) is 3.03. The molecule has 0 fully saturated rings. The third kappa shape index (κ3) is 6.74. The summed E-state index contributed by atoms with van der Waals surface area (Å²) < 4.78 is 73.5. The molecule has 0 saturated heterocycles. The highest BCUT2D eigenvalue weighted by Crippen LogP contribution is 2.24. The van der Waals surface area contributed by atoms with Crippen molar-refractivity contribution in [3.8, 4) is 11.5 Å². The molecular weight excluding hydrogens is 393 g/mol. The van der Waals surface area contributed by atoms with Gasteiger partial charge in [0, 0.05) is 5.69 Å². The summed E-state index contributed by atoms with van der Waals surface area (Å²) in [5.41, 5.74) is -0.179. The number of para-hydroxylation sites is 1. The van der Waals surface area contributed by atoms with Crippen LogP contribution in [-0.2, 0) is 9.53 Å². The maximum Gasteiger partial charge on any atom is 0.573 e. The highest BCUT2D eigenvalue weighted by Gasteiger charge is 2.31. The molecule has 0 saturated carbocycles. The first-order valence-electron chi connectivity index (χ1n) is 7.50. The number of carbonyl (C=O) groups excluding carboxylic acids is 2. The Morgan fingerprint density at radius 3 is 2.25 bits per heavy atom. The SMILES string of the molecule is O=C(COC(=O)c1ccccc1OC(F)F)Nc1ccc(OC(F)(F)F)cc1. The Bertz CT molecular complexity index is 823. The molecule has 0 aromatic heterocycles. The average Bonchev–Trinajstić information content (AvgIpc) is 2.60. The van der Waals surface area contributed by atoms with Crippen LogP contribution >= 0.6 is 0 Å². The van der Waals surface area contributed by atoms with E-state index in [0.717, 1.165) is 30.3 Å². The van der Waals surface area contributed by atoms with Crippen molar-refractivity contribution < 1.29 is 45.8 Å². The van der Waals surface area contributed by atoms with Gasteiger partial charge >= 0.3 is 18.9 Å². The first-order valence-corrected chi connectivity index (χ1v) is 7.50. The molecule has 11 heteroatoms. The molecule has 28 heavy (non-hydrogen) atoms. The summed E-state index contributed by atoms with van der Waals surface area (Å²) in [4.78, 5) is 23.7. The number of halogens is 5. The first-order chi connectivity index (χ1) is 13.1. The molecule has 2 aromatic rings. The zero-order valence-corrected chi connectivity index (χ0v) is 13.8. The van der Waals surface area contributed by atoms with Gasteiger partial charge in [0.05, 0.1) is 0 Å². The highest BCUT2D eigenvalue weighted by atomic mass is 19.4. The lowest BCUT2D eigenvalue weighted by molar-refractivity contribution is -0.274. The van der Waals surface area contributed by atoms with Crippen molar-refractivity contribution in [2.75, 3.05) is 11.9 Å². The van der Waals surface area contributed by atoms with Crippen molar-refractivity contribution in [2.24, 2.45) is 0 Å². The van der Waals surface area contributed by atoms with Crippen LogP contribution in [-0.4, -0.2) is 31.5 Å². The molecular formula is C17H12F5NO5. The number of nitrogens with one attached hydrogen (secondary N) is 1. The van der Waals surface area contributed by atoms with Crippen LogP contribution in [0.3, 0.4) is 0 Å². The van der Waals surface area contributed by atoms with Gasteiger partial charge in [-0.1, -0.05) is 12.1 Å². The Balaban J connectivity index is 1.90. The second kappa shape index (κ2) is 9.02. The zero-order chi connectivity index (χ0) is 20.7. The predicted molar refractivity (Wildman–Crippen MR) is 85.1 cm³/mol. The number of anilines is 1. The van der Waals surface area contributed by atoms with Gasteiger partial charge in [0.15, 0.2) is 6.61 Å². The Morgan fingerprint density at radius 1 is 1.00 bits per heavy atom. The van der Waals surface area contributed by atoms with E-state index in [4.69, 9.17) is 4.74 Å². The van der Waals surface area contributed by atoms with Crippen molar-refractivity contribution in [1.82, 2.24) is 0 Å². The van der Waals surface area contributed by atoms with Gasteiger partial charge in [0.1, 0.15) is 17.1 Å². The van der Waals surface area contributed by atoms with Crippen LogP contribution in [0.25, 0.3) is 0 Å². The van der Waals surface area contributed by atoms with Crippen LogP contribution in [0, 0.1) is 0 Å². The standard InChI is InChI=1S/C17H12F5NO5/c18-16(19)27-13-4-2-1-3-12(13)15(25)26-9-14(24)23-10-5-7-11(8-6-10)28-17(20,21)22/h1-8,16H,9H2,(H,23,24). The van der Waals surface area contributed by atoms with Crippen LogP contribution in [0.15, 0.2) is 48.5 Å². The molecule has 150 valence electrons. The Hall–Kier alpha value is -3.37. The number of amides is 1. The van der Waals surface area contributed by atoms with E-state index in [0.29, 0.717) is 0 Å². The van der Waals surface area contributed by atoms with E-state index >= 15 is 0 Å². The topological polar surface area (TPSA) is 73.9 Å². The number of rotatable bonds is 7. The van der Waals surface area contributed by atoms with Gasteiger partial charge in [-0.25, -0.2) is 4.79 Å². The predicted octanol–water partition coefficient (Wildman–Crippen LogP) is 3.98. The molecule has 0 aliphatic rings. The molecule has 0 atom stereocenters. The van der Waals surface area contributed by atoms with Gasteiger partial charge in [-0.15, -0.1) is 13.2 Å². The van der Waals surface area contributed by atoms with Gasteiger partial charge < -0.3 is 19.5 Å². The normalized spacial score (nSPS) is 11.1. The fraction of sp³-hybridized carbons (Fsp3) is 0.176. The van der Waals surface area contributed by atoms with Gasteiger partial charge in [0.25, 0.3) is 5.91 Å². The summed E-state index contributed by atoms with van der Waals surface area (Å²) in [6.07, 6.45) is -4.84. The summed E-state index contributed by atoms with van der Waals surface area (Å²) >= 11 is 0. The molecule has 0 aliphatic carbocycles. The number of alkyl halides is 5. The van der Waals surface area contributed by atoms with Crippen LogP contribution in [0.2, 0.25) is 0 Å². The first kappa shape index (κ1) is 20.9. The van der Waals surface area contributed by atoms with E-state index in [-0.39, 0.29) is 11.3 Å². The largest absolute Gasteiger partial charge is 0.573 e. The fourth-order valence-electron chi connectivity index (χ4n) is 1.98. The van der Waals surface area contributed by atoms with E-state index in [1.165, 1.54) is 18.2 Å². The number of hydrogen-bond acceptors (Lipinski definition) is 5. The zero-order valence-electron chi connectivity index (χ0n) is 13.8. The van der Waals surface area contributed by atoms with Crippen molar-refractivity contribution in [1.29, 1.82) is 0 Å². The summed E-state index contributed by atoms with van der Waals surface area (Å²) in [6.45, 7) is -3.91. The summed E-state index contributed by atoms with van der Waals surface area (Å²) in [6, 6.07) is 9.32. The average molecular weight is 405 g/mol. The van der Waals surface area contributed by atoms with Gasteiger partial charge in [-0.3, -0.25) is 4.79 Å². The van der Waals surface area contributed by atoms with Gasteiger partial charge in [-0.05, 0) is 36.4 Å². The lowest BCUT2D eigenvalue weighted by Gasteiger charge is -2.11. The molecule has 0 bridgehead atoms. The summed E-state index contributed by atoms with van der Waals surface area (Å²) in [5, 5.41) is 2.28. The van der Waals surface area contributed by atoms with Crippen molar-refractivity contribution >= 4 is 17.6 Å². The van der Waals surface area contributed by atoms with E-state index in [9.17, 15) is 31.5 Å². The van der Waals surface area contributed by atoms with Crippen LogP contribution in [0.1, 0.15) is 10.4 Å². The van der Waals surface area contributed by atoms with E-state index < -0.39 is 43.0 Å². The molecule has 0 heterocycles. The molecule has 0 radical (unpaired) electrons. The summed E-state index contributed by atoms with van der Waals surface area (Å²) in [5.74, 6) is -2.76. The Morgan fingerprint density at radius 2 is 1.64 bits per heavy atom. The number of hydrogen-bond donors (Lipinski definition) is 1. The van der Waals surface area contributed by atoms with Gasteiger partial charge in [0.2, 0.25) is 0 Å². The Labute approximate surface area is 154 Å². The lowest BCUT2D eigenvalue weighted by atomic mass is 10.2. The van der Waals surface area contributed by atoms with Crippen molar-refractivity contribution in [3.05, 3.63) is 54.1 Å². The number of esters is 1. The minimum Gasteiger partial charge on any atom is -0.452 e. The van der Waals surface area contributed by atoms with Crippen molar-refractivity contribution in [3.63, 3.8) is 0 Å². The molecule has 6 nitrogen and oxygen atoms in total. The highest BCUT2D eigenvalue weighted by molar-refractivity contribution is 5.96. The second-order valence-electron chi connectivity index (χ2n) is 5.07. The molecule has 1 amide bonds. The lowest BCUT2D eigenvalue weighted by Crippen LogP contribution is -2.21. The van der Waals surface area contributed by atoms with E-state index in [1.54, 1.807) is 0 Å². The van der Waals surface area contributed by atoms with E-state index in [2.05, 4.69) is 14.8 Å². The number of benzene rings is 2. The van der Waals surface area contributed by atoms with Gasteiger partial charge in [-0.2, -0.15) is 8.78 Å². The number of ether oxygens (including phenoxy) is 3. The monoisotopic (exact) mass is 405 g/mol.